The molecule has 0 unspecified atom stereocenters. The number of aliphatic hydroxyl groups is 1. The first-order valence-electron chi connectivity index (χ1n) is 13.4. The molecule has 0 saturated heterocycles. The number of ketones is 2. The molecule has 2 bridgehead atoms. The van der Waals surface area contributed by atoms with Crippen molar-refractivity contribution in [3.8, 4) is 0 Å². The SMILES string of the molecule is C=CCNC1=C2CCC[C@H](OC)[C@H](O)[C@@H](C)/C=C(\C)[C@H](OC(N)=O)[C@@H](OC)/C=C\C=C(/C)C(=O)NC(=CC1=O)C2=O. The van der Waals surface area contributed by atoms with E-state index < -0.39 is 53.9 Å². The van der Waals surface area contributed by atoms with Crippen LogP contribution in [-0.4, -0.2) is 73.9 Å². The number of aliphatic hydroxyl groups excluding tert-OH is 1. The third kappa shape index (κ3) is 9.10. The molecule has 1 aliphatic carbocycles. The molecule has 2 aliphatic rings. The fourth-order valence-corrected chi connectivity index (χ4v) is 4.70. The number of methoxy groups -OCH3 is 2. The number of primary amides is 1. The Morgan fingerprint density at radius 1 is 1.24 bits per heavy atom. The summed E-state index contributed by atoms with van der Waals surface area (Å²) in [5.41, 5.74) is 6.42. The van der Waals surface area contributed by atoms with E-state index in [4.69, 9.17) is 19.9 Å². The van der Waals surface area contributed by atoms with Crippen LogP contribution in [0, 0.1) is 5.92 Å². The molecule has 0 aromatic carbocycles. The lowest BCUT2D eigenvalue weighted by molar-refractivity contribution is -0.120. The lowest BCUT2D eigenvalue weighted by Crippen LogP contribution is -2.36. The first-order chi connectivity index (χ1) is 19.4. The third-order valence-electron chi connectivity index (χ3n) is 6.94. The van der Waals surface area contributed by atoms with Crippen LogP contribution in [0.3, 0.4) is 0 Å². The van der Waals surface area contributed by atoms with E-state index in [0.717, 1.165) is 6.08 Å². The van der Waals surface area contributed by atoms with Crippen molar-refractivity contribution in [2.45, 2.75) is 64.4 Å². The van der Waals surface area contributed by atoms with Gasteiger partial charge in [0.2, 0.25) is 11.6 Å². The predicted octanol–water partition coefficient (Wildman–Crippen LogP) is 2.29. The van der Waals surface area contributed by atoms with Crippen LogP contribution >= 0.6 is 0 Å². The van der Waals surface area contributed by atoms with Gasteiger partial charge in [0.15, 0.2) is 6.10 Å². The van der Waals surface area contributed by atoms with Gasteiger partial charge in [-0.1, -0.05) is 37.3 Å². The van der Waals surface area contributed by atoms with Gasteiger partial charge in [0.05, 0.1) is 23.6 Å². The highest BCUT2D eigenvalue weighted by Gasteiger charge is 2.31. The molecule has 1 aliphatic heterocycles. The number of amides is 2. The average Bonchev–Trinajstić information content (AvgIpc) is 2.93. The van der Waals surface area contributed by atoms with E-state index in [9.17, 15) is 24.3 Å². The lowest BCUT2D eigenvalue weighted by Gasteiger charge is -2.28. The first kappa shape index (κ1) is 33.4. The number of rotatable bonds is 6. The van der Waals surface area contributed by atoms with Crippen molar-refractivity contribution in [2.24, 2.45) is 11.7 Å². The molecule has 0 spiro atoms. The summed E-state index contributed by atoms with van der Waals surface area (Å²) in [6.07, 6.45) is 5.80. The maximum atomic E-state index is 13.4. The standard InChI is InChI=1S/C30H41N3O8/c1-7-14-32-25-20-11-9-12-23(39-5)26(35)18(3)15-19(4)28(41-30(31)38)24(40-6)13-8-10-17(2)29(37)33-21(27(20)36)16-22(25)34/h7-8,10,13,15-16,18,23-24,26,28,32,35H,1,9,11-12,14H2,2-6H3,(H2,31,38)(H,33,37)/b13-8-,17-10+,19-15+/t18-,23-,24-,26+,28-/m0/s1. The van der Waals surface area contributed by atoms with Gasteiger partial charge in [-0.3, -0.25) is 14.4 Å². The second-order valence-electron chi connectivity index (χ2n) is 9.95. The van der Waals surface area contributed by atoms with Crippen LogP contribution in [0.15, 0.2) is 71.1 Å². The average molecular weight is 572 g/mol. The van der Waals surface area contributed by atoms with Crippen molar-refractivity contribution in [1.82, 2.24) is 10.6 Å². The molecule has 5 N–H and O–H groups in total. The Morgan fingerprint density at radius 3 is 2.56 bits per heavy atom. The normalized spacial score (nSPS) is 30.2. The fourth-order valence-electron chi connectivity index (χ4n) is 4.70. The highest BCUT2D eigenvalue weighted by Crippen LogP contribution is 2.26. The molecule has 2 amide bonds. The zero-order valence-corrected chi connectivity index (χ0v) is 24.3. The van der Waals surface area contributed by atoms with E-state index in [1.54, 1.807) is 45.1 Å². The maximum absolute atomic E-state index is 13.4. The minimum Gasteiger partial charge on any atom is -0.439 e. The number of carbonyl (C=O) groups excluding carboxylic acids is 4. The number of Topliss-reactive ketones (excluding diaryl/α,β-unsaturated/α-hetero) is 1. The van der Waals surface area contributed by atoms with Crippen LogP contribution in [0.25, 0.3) is 0 Å². The molecule has 224 valence electrons. The van der Waals surface area contributed by atoms with Gasteiger partial charge in [0.25, 0.3) is 5.91 Å². The number of hydrogen-bond acceptors (Lipinski definition) is 9. The van der Waals surface area contributed by atoms with Crippen molar-refractivity contribution in [3.63, 3.8) is 0 Å². The zero-order chi connectivity index (χ0) is 30.7. The van der Waals surface area contributed by atoms with Crippen molar-refractivity contribution in [3.05, 3.63) is 71.1 Å². The van der Waals surface area contributed by atoms with Crippen LogP contribution in [-0.2, 0) is 28.6 Å². The molecule has 0 fully saturated rings. The van der Waals surface area contributed by atoms with Crippen LogP contribution in [0.5, 0.6) is 0 Å². The maximum Gasteiger partial charge on any atom is 0.405 e. The van der Waals surface area contributed by atoms with Crippen molar-refractivity contribution >= 4 is 23.6 Å². The minimum atomic E-state index is -1.000. The second-order valence-corrected chi connectivity index (χ2v) is 9.95. The highest BCUT2D eigenvalue weighted by molar-refractivity contribution is 6.23. The summed E-state index contributed by atoms with van der Waals surface area (Å²) in [5.74, 6) is -1.92. The number of nitrogens with two attached hydrogens (primary N) is 1. The number of hydrogen-bond donors (Lipinski definition) is 4. The Hall–Kier alpha value is -3.80. The third-order valence-corrected chi connectivity index (χ3v) is 6.94. The first-order valence-corrected chi connectivity index (χ1v) is 13.4. The van der Waals surface area contributed by atoms with Crippen molar-refractivity contribution in [2.75, 3.05) is 20.8 Å². The largest absolute Gasteiger partial charge is 0.439 e. The van der Waals surface area contributed by atoms with E-state index in [1.807, 2.05) is 0 Å². The summed E-state index contributed by atoms with van der Waals surface area (Å²) in [6.45, 7) is 8.99. The van der Waals surface area contributed by atoms with Gasteiger partial charge in [0, 0.05) is 43.9 Å². The van der Waals surface area contributed by atoms with Crippen molar-refractivity contribution in [1.29, 1.82) is 0 Å². The topological polar surface area (TPSA) is 166 Å². The lowest BCUT2D eigenvalue weighted by atomic mass is 9.89. The molecule has 0 aromatic rings. The quantitative estimate of drug-likeness (QED) is 0.276. The molecule has 0 saturated carbocycles. The number of allylic oxidation sites excluding steroid dienone is 4. The molecule has 5 atom stereocenters. The van der Waals surface area contributed by atoms with E-state index in [0.29, 0.717) is 18.4 Å². The smallest absolute Gasteiger partial charge is 0.405 e. The summed E-state index contributed by atoms with van der Waals surface area (Å²) in [4.78, 5) is 50.9. The number of nitrogens with one attached hydrogen (secondary N) is 2. The molecule has 41 heavy (non-hydrogen) atoms. The van der Waals surface area contributed by atoms with Crippen molar-refractivity contribution < 1.29 is 38.5 Å². The predicted molar refractivity (Wildman–Crippen MR) is 153 cm³/mol. The van der Waals surface area contributed by atoms with E-state index in [2.05, 4.69) is 17.2 Å². The van der Waals surface area contributed by atoms with Gasteiger partial charge in [-0.15, -0.1) is 6.58 Å². The van der Waals surface area contributed by atoms with Gasteiger partial charge >= 0.3 is 6.09 Å². The molecule has 11 heteroatoms. The Morgan fingerprint density at radius 2 is 1.95 bits per heavy atom. The van der Waals surface area contributed by atoms with Crippen LogP contribution < -0.4 is 16.4 Å². The second kappa shape index (κ2) is 15.8. The number of carbonyl (C=O) groups is 4. The number of fused-ring (bicyclic) bond motifs is 2. The number of ether oxygens (including phenoxy) is 3. The minimum absolute atomic E-state index is 0.129. The highest BCUT2D eigenvalue weighted by atomic mass is 16.6. The Balaban J connectivity index is 2.56. The zero-order valence-electron chi connectivity index (χ0n) is 24.3. The van der Waals surface area contributed by atoms with Gasteiger partial charge in [-0.2, -0.15) is 0 Å². The molecule has 11 nitrogen and oxygen atoms in total. The monoisotopic (exact) mass is 571 g/mol. The Kier molecular flexibility index (Phi) is 12.9. The van der Waals surface area contributed by atoms with E-state index in [1.165, 1.54) is 20.3 Å². The Labute approximate surface area is 240 Å². The summed E-state index contributed by atoms with van der Waals surface area (Å²) < 4.78 is 16.5. The van der Waals surface area contributed by atoms with E-state index in [-0.39, 0.29) is 35.5 Å². The van der Waals surface area contributed by atoms with E-state index >= 15 is 0 Å². The van der Waals surface area contributed by atoms with Gasteiger partial charge in [-0.05, 0) is 38.7 Å². The molecule has 2 rings (SSSR count). The van der Waals surface area contributed by atoms with Gasteiger partial charge < -0.3 is 35.7 Å². The Bertz CT molecular complexity index is 1180. The summed E-state index contributed by atoms with van der Waals surface area (Å²) in [6, 6.07) is 0. The van der Waals surface area contributed by atoms with Crippen LogP contribution in [0.1, 0.15) is 40.0 Å². The molecule has 0 aromatic heterocycles. The summed E-state index contributed by atoms with van der Waals surface area (Å²) in [5, 5.41) is 16.6. The van der Waals surface area contributed by atoms with Crippen LogP contribution in [0.2, 0.25) is 0 Å². The van der Waals surface area contributed by atoms with Gasteiger partial charge in [-0.25, -0.2) is 4.79 Å². The molecular weight excluding hydrogens is 530 g/mol. The fraction of sp³-hybridized carbons (Fsp3) is 0.467. The molecule has 1 heterocycles. The molecular formula is C30H41N3O8. The molecule has 0 radical (unpaired) electrons. The summed E-state index contributed by atoms with van der Waals surface area (Å²) in [7, 11) is 2.91. The summed E-state index contributed by atoms with van der Waals surface area (Å²) >= 11 is 0. The van der Waals surface area contributed by atoms with Crippen LogP contribution in [0.4, 0.5) is 4.79 Å². The van der Waals surface area contributed by atoms with Gasteiger partial charge in [0.1, 0.15) is 6.10 Å².